The minimum atomic E-state index is -0.730. The molecule has 1 aromatic rings. The van der Waals surface area contributed by atoms with Gasteiger partial charge in [-0.2, -0.15) is 0 Å². The zero-order valence-electron chi connectivity index (χ0n) is 9.20. The van der Waals surface area contributed by atoms with Gasteiger partial charge in [0.05, 0.1) is 7.11 Å². The van der Waals surface area contributed by atoms with E-state index in [9.17, 15) is 9.59 Å². The van der Waals surface area contributed by atoms with Crippen LogP contribution in [0, 0.1) is 5.92 Å². The molecule has 0 radical (unpaired) electrons. The van der Waals surface area contributed by atoms with Crippen LogP contribution in [-0.2, 0) is 9.53 Å². The van der Waals surface area contributed by atoms with Gasteiger partial charge >= 0.3 is 5.97 Å². The van der Waals surface area contributed by atoms with E-state index in [0.717, 1.165) is 0 Å². The summed E-state index contributed by atoms with van der Waals surface area (Å²) in [6.07, 6.45) is 0.425. The zero-order chi connectivity index (χ0) is 12.1. The first kappa shape index (κ1) is 12.7. The molecule has 0 aliphatic carbocycles. The van der Waals surface area contributed by atoms with Gasteiger partial charge in [-0.1, -0.05) is 18.5 Å². The number of hydrogen-bond donors (Lipinski definition) is 0. The molecule has 0 saturated heterocycles. The summed E-state index contributed by atoms with van der Waals surface area (Å²) in [6, 6.07) is 6.46. The van der Waals surface area contributed by atoms with Crippen LogP contribution in [0.1, 0.15) is 23.7 Å². The molecule has 0 fully saturated rings. The molecule has 0 amide bonds. The van der Waals surface area contributed by atoms with Crippen LogP contribution in [0.4, 0.5) is 0 Å². The van der Waals surface area contributed by atoms with Gasteiger partial charge in [0.2, 0.25) is 0 Å². The standard InChI is InChI=1S/C12H13ClO3/c1-3-10(12(15)16-2)11(14)8-4-6-9(13)7-5-8/h4-7,10H,3H2,1-2H3. The molecule has 4 heteroatoms. The lowest BCUT2D eigenvalue weighted by Gasteiger charge is -2.11. The molecule has 1 aromatic carbocycles. The van der Waals surface area contributed by atoms with E-state index >= 15 is 0 Å². The predicted octanol–water partition coefficient (Wildman–Crippen LogP) is 2.72. The Morgan fingerprint density at radius 1 is 1.31 bits per heavy atom. The Labute approximate surface area is 99.4 Å². The molecule has 3 nitrogen and oxygen atoms in total. The number of carbonyl (C=O) groups excluding carboxylic acids is 2. The van der Waals surface area contributed by atoms with E-state index in [1.165, 1.54) is 7.11 Å². The van der Waals surface area contributed by atoms with Crippen molar-refractivity contribution < 1.29 is 14.3 Å². The Balaban J connectivity index is 2.91. The topological polar surface area (TPSA) is 43.4 Å². The van der Waals surface area contributed by atoms with Gasteiger partial charge in [0, 0.05) is 10.6 Å². The zero-order valence-corrected chi connectivity index (χ0v) is 9.95. The van der Waals surface area contributed by atoms with Crippen LogP contribution < -0.4 is 0 Å². The summed E-state index contributed by atoms with van der Waals surface area (Å²) in [5, 5.41) is 0.558. The molecule has 86 valence electrons. The lowest BCUT2D eigenvalue weighted by Crippen LogP contribution is -2.24. The highest BCUT2D eigenvalue weighted by atomic mass is 35.5. The molecule has 0 aliphatic heterocycles. The number of carbonyl (C=O) groups is 2. The van der Waals surface area contributed by atoms with Crippen molar-refractivity contribution in [1.82, 2.24) is 0 Å². The molecule has 1 rings (SSSR count). The number of halogens is 1. The molecule has 0 saturated carbocycles. The summed E-state index contributed by atoms with van der Waals surface area (Å²) in [6.45, 7) is 1.77. The summed E-state index contributed by atoms with van der Waals surface area (Å²) in [5.41, 5.74) is 0.474. The number of ketones is 1. The Bertz CT molecular complexity index is 384. The van der Waals surface area contributed by atoms with E-state index in [2.05, 4.69) is 4.74 Å². The van der Waals surface area contributed by atoms with Gasteiger partial charge in [0.15, 0.2) is 5.78 Å². The third-order valence-corrected chi connectivity index (χ3v) is 2.59. The van der Waals surface area contributed by atoms with E-state index in [0.29, 0.717) is 17.0 Å². The fourth-order valence-electron chi connectivity index (χ4n) is 1.42. The minimum absolute atomic E-state index is 0.231. The normalized spacial score (nSPS) is 11.9. The maximum Gasteiger partial charge on any atom is 0.316 e. The van der Waals surface area contributed by atoms with Crippen LogP contribution in [0.5, 0.6) is 0 Å². The van der Waals surface area contributed by atoms with E-state index in [1.54, 1.807) is 31.2 Å². The number of benzene rings is 1. The summed E-state index contributed by atoms with van der Waals surface area (Å²) >= 11 is 5.72. The molecule has 0 heterocycles. The Kier molecular flexibility index (Phi) is 4.50. The van der Waals surface area contributed by atoms with Crippen LogP contribution >= 0.6 is 11.6 Å². The second-order valence-corrected chi connectivity index (χ2v) is 3.79. The van der Waals surface area contributed by atoms with Crippen molar-refractivity contribution in [3.05, 3.63) is 34.9 Å². The van der Waals surface area contributed by atoms with Gasteiger partial charge in [-0.25, -0.2) is 0 Å². The second-order valence-electron chi connectivity index (χ2n) is 3.36. The van der Waals surface area contributed by atoms with Crippen molar-refractivity contribution in [2.24, 2.45) is 5.92 Å². The Morgan fingerprint density at radius 2 is 1.88 bits per heavy atom. The Morgan fingerprint density at radius 3 is 2.31 bits per heavy atom. The van der Waals surface area contributed by atoms with Crippen molar-refractivity contribution in [3.63, 3.8) is 0 Å². The first-order chi connectivity index (χ1) is 7.60. The third kappa shape index (κ3) is 2.83. The van der Waals surface area contributed by atoms with Crippen molar-refractivity contribution in [1.29, 1.82) is 0 Å². The highest BCUT2D eigenvalue weighted by molar-refractivity contribution is 6.30. The van der Waals surface area contributed by atoms with E-state index in [1.807, 2.05) is 0 Å². The fourth-order valence-corrected chi connectivity index (χ4v) is 1.54. The van der Waals surface area contributed by atoms with Gasteiger partial charge in [0.1, 0.15) is 5.92 Å². The van der Waals surface area contributed by atoms with Crippen molar-refractivity contribution >= 4 is 23.4 Å². The van der Waals surface area contributed by atoms with Gasteiger partial charge in [-0.15, -0.1) is 0 Å². The third-order valence-electron chi connectivity index (χ3n) is 2.34. The van der Waals surface area contributed by atoms with Gasteiger partial charge in [-0.3, -0.25) is 9.59 Å². The van der Waals surface area contributed by atoms with Gasteiger partial charge in [-0.05, 0) is 30.7 Å². The number of hydrogen-bond acceptors (Lipinski definition) is 3. The lowest BCUT2D eigenvalue weighted by atomic mass is 9.95. The largest absolute Gasteiger partial charge is 0.468 e. The van der Waals surface area contributed by atoms with Crippen LogP contribution in [0.15, 0.2) is 24.3 Å². The highest BCUT2D eigenvalue weighted by Gasteiger charge is 2.26. The first-order valence-electron chi connectivity index (χ1n) is 4.97. The molecule has 16 heavy (non-hydrogen) atoms. The Hall–Kier alpha value is -1.35. The molecule has 0 spiro atoms. The van der Waals surface area contributed by atoms with Crippen LogP contribution in [-0.4, -0.2) is 18.9 Å². The molecule has 0 aromatic heterocycles. The van der Waals surface area contributed by atoms with E-state index in [4.69, 9.17) is 11.6 Å². The highest BCUT2D eigenvalue weighted by Crippen LogP contribution is 2.16. The number of ether oxygens (including phenoxy) is 1. The fraction of sp³-hybridized carbons (Fsp3) is 0.333. The van der Waals surface area contributed by atoms with Gasteiger partial charge in [0.25, 0.3) is 0 Å². The predicted molar refractivity (Wildman–Crippen MR) is 61.6 cm³/mol. The summed E-state index contributed by atoms with van der Waals surface area (Å²) in [7, 11) is 1.28. The average Bonchev–Trinajstić information content (AvgIpc) is 2.30. The monoisotopic (exact) mass is 240 g/mol. The minimum Gasteiger partial charge on any atom is -0.468 e. The molecule has 1 unspecified atom stereocenters. The number of methoxy groups -OCH3 is 1. The van der Waals surface area contributed by atoms with Crippen LogP contribution in [0.3, 0.4) is 0 Å². The summed E-state index contributed by atoms with van der Waals surface area (Å²) < 4.78 is 4.58. The maximum atomic E-state index is 11.9. The smallest absolute Gasteiger partial charge is 0.316 e. The van der Waals surface area contributed by atoms with Crippen LogP contribution in [0.25, 0.3) is 0 Å². The van der Waals surface area contributed by atoms with Crippen molar-refractivity contribution in [3.8, 4) is 0 Å². The molecule has 0 bridgehead atoms. The molecule has 1 atom stereocenters. The van der Waals surface area contributed by atoms with Crippen molar-refractivity contribution in [2.45, 2.75) is 13.3 Å². The average molecular weight is 241 g/mol. The molecular formula is C12H13ClO3. The van der Waals surface area contributed by atoms with Gasteiger partial charge < -0.3 is 4.74 Å². The summed E-state index contributed by atoms with van der Waals surface area (Å²) in [5.74, 6) is -1.46. The maximum absolute atomic E-state index is 11.9. The van der Waals surface area contributed by atoms with Crippen LogP contribution in [0.2, 0.25) is 5.02 Å². The first-order valence-corrected chi connectivity index (χ1v) is 5.35. The van der Waals surface area contributed by atoms with Crippen molar-refractivity contribution in [2.75, 3.05) is 7.11 Å². The number of esters is 1. The van der Waals surface area contributed by atoms with E-state index in [-0.39, 0.29) is 5.78 Å². The number of rotatable bonds is 4. The summed E-state index contributed by atoms with van der Waals surface area (Å²) in [4.78, 5) is 23.3. The molecular weight excluding hydrogens is 228 g/mol. The molecule has 0 N–H and O–H groups in total. The lowest BCUT2D eigenvalue weighted by molar-refractivity contribution is -0.143. The molecule has 0 aliphatic rings. The SMILES string of the molecule is CCC(C(=O)OC)C(=O)c1ccc(Cl)cc1. The number of Topliss-reactive ketones (excluding diaryl/α,β-unsaturated/α-hetero) is 1. The second kappa shape index (κ2) is 5.66. The quantitative estimate of drug-likeness (QED) is 0.462. The van der Waals surface area contributed by atoms with E-state index < -0.39 is 11.9 Å².